The zero-order valence-corrected chi connectivity index (χ0v) is 16.9. The Morgan fingerprint density at radius 3 is 2.32 bits per heavy atom. The van der Waals surface area contributed by atoms with Crippen LogP contribution in [0.3, 0.4) is 0 Å². The monoisotopic (exact) mass is 438 g/mol. The van der Waals surface area contributed by atoms with Gasteiger partial charge in [0, 0.05) is 18.0 Å². The molecule has 7 nitrogen and oxygen atoms in total. The van der Waals surface area contributed by atoms with E-state index in [1.807, 2.05) is 0 Å². The van der Waals surface area contributed by atoms with Crippen LogP contribution in [0.4, 0.5) is 18.9 Å². The molecule has 2 aromatic rings. The van der Waals surface area contributed by atoms with Gasteiger partial charge in [0.15, 0.2) is 11.5 Å². The van der Waals surface area contributed by atoms with Gasteiger partial charge in [0.05, 0.1) is 30.8 Å². The van der Waals surface area contributed by atoms with Gasteiger partial charge < -0.3 is 14.8 Å². The smallest absolute Gasteiger partial charge is 0.416 e. The number of alkyl halides is 3. The Hall–Kier alpha value is -3.30. The van der Waals surface area contributed by atoms with E-state index in [2.05, 4.69) is 5.32 Å². The van der Waals surface area contributed by atoms with Crippen LogP contribution in [-0.2, 0) is 17.4 Å². The van der Waals surface area contributed by atoms with E-state index >= 15 is 0 Å². The molecule has 0 aliphatic heterocycles. The van der Waals surface area contributed by atoms with Crippen LogP contribution in [0.5, 0.6) is 11.5 Å². The van der Waals surface area contributed by atoms with Crippen LogP contribution < -0.4 is 14.8 Å². The van der Waals surface area contributed by atoms with Crippen LogP contribution >= 0.6 is 0 Å². The molecule has 1 saturated carbocycles. The van der Waals surface area contributed by atoms with Crippen molar-refractivity contribution >= 4 is 11.6 Å². The molecule has 0 spiro atoms. The lowest BCUT2D eigenvalue weighted by molar-refractivity contribution is -0.385. The maximum absolute atomic E-state index is 12.7. The Morgan fingerprint density at radius 1 is 1.16 bits per heavy atom. The number of nitrogens with zero attached hydrogens (tertiary/aromatic N) is 1. The summed E-state index contributed by atoms with van der Waals surface area (Å²) < 4.78 is 48.3. The minimum Gasteiger partial charge on any atom is -0.493 e. The number of benzene rings is 2. The van der Waals surface area contributed by atoms with Crippen molar-refractivity contribution in [3.8, 4) is 11.5 Å². The van der Waals surface area contributed by atoms with Crippen molar-refractivity contribution in [2.75, 3.05) is 20.8 Å². The molecule has 1 aliphatic carbocycles. The summed E-state index contributed by atoms with van der Waals surface area (Å²) in [6.45, 7) is 0.172. The van der Waals surface area contributed by atoms with Gasteiger partial charge >= 0.3 is 6.18 Å². The molecule has 0 heterocycles. The van der Waals surface area contributed by atoms with Crippen molar-refractivity contribution < 1.29 is 32.4 Å². The van der Waals surface area contributed by atoms with E-state index in [4.69, 9.17) is 9.47 Å². The van der Waals surface area contributed by atoms with E-state index in [0.717, 1.165) is 12.1 Å². The number of nitro benzene ring substituents is 1. The van der Waals surface area contributed by atoms with E-state index in [1.165, 1.54) is 38.5 Å². The van der Waals surface area contributed by atoms with Gasteiger partial charge in [-0.05, 0) is 42.5 Å². The van der Waals surface area contributed by atoms with Crippen molar-refractivity contribution in [2.45, 2.75) is 24.9 Å². The highest BCUT2D eigenvalue weighted by Crippen LogP contribution is 2.48. The molecule has 0 aromatic heterocycles. The maximum atomic E-state index is 12.7. The molecule has 1 aliphatic rings. The lowest BCUT2D eigenvalue weighted by atomic mass is 10.1. The highest BCUT2D eigenvalue weighted by Gasteiger charge is 2.44. The number of hydrogen-bond acceptors (Lipinski definition) is 5. The van der Waals surface area contributed by atoms with E-state index in [-0.39, 0.29) is 42.1 Å². The minimum absolute atomic E-state index is 0.127. The molecule has 31 heavy (non-hydrogen) atoms. The number of halogens is 3. The van der Waals surface area contributed by atoms with Crippen molar-refractivity contribution in [3.05, 3.63) is 63.2 Å². The van der Waals surface area contributed by atoms with Crippen LogP contribution in [0, 0.1) is 16.0 Å². The average molecular weight is 438 g/mol. The van der Waals surface area contributed by atoms with Crippen molar-refractivity contribution in [1.29, 1.82) is 0 Å². The topological polar surface area (TPSA) is 90.7 Å². The molecule has 3 rings (SSSR count). The molecule has 1 fully saturated rings. The molecule has 2 atom stereocenters. The Bertz CT molecular complexity index is 976. The molecule has 1 amide bonds. The van der Waals surface area contributed by atoms with Crippen LogP contribution in [0.25, 0.3) is 0 Å². The average Bonchev–Trinajstić information content (AvgIpc) is 3.53. The molecule has 2 unspecified atom stereocenters. The van der Waals surface area contributed by atoms with Gasteiger partial charge in [0.1, 0.15) is 0 Å². The predicted molar refractivity (Wildman–Crippen MR) is 105 cm³/mol. The summed E-state index contributed by atoms with van der Waals surface area (Å²) in [4.78, 5) is 23.2. The Kier molecular flexibility index (Phi) is 6.37. The Balaban J connectivity index is 1.58. The van der Waals surface area contributed by atoms with E-state index in [0.29, 0.717) is 23.3 Å². The largest absolute Gasteiger partial charge is 0.493 e. The summed E-state index contributed by atoms with van der Waals surface area (Å²) in [5.74, 6) is -0.0961. The third-order valence-electron chi connectivity index (χ3n) is 5.27. The first-order valence-corrected chi connectivity index (χ1v) is 9.49. The lowest BCUT2D eigenvalue weighted by Gasteiger charge is -2.11. The van der Waals surface area contributed by atoms with E-state index in [1.54, 1.807) is 0 Å². The van der Waals surface area contributed by atoms with E-state index in [9.17, 15) is 28.1 Å². The summed E-state index contributed by atoms with van der Waals surface area (Å²) >= 11 is 0. The zero-order chi connectivity index (χ0) is 22.8. The van der Waals surface area contributed by atoms with Gasteiger partial charge in [-0.2, -0.15) is 13.2 Å². The molecule has 0 bridgehead atoms. The molecule has 10 heteroatoms. The van der Waals surface area contributed by atoms with Gasteiger partial charge in [-0.25, -0.2) is 0 Å². The molecule has 1 N–H and O–H groups in total. The van der Waals surface area contributed by atoms with Gasteiger partial charge in [-0.3, -0.25) is 14.9 Å². The molecule has 0 saturated heterocycles. The third kappa shape index (κ3) is 5.07. The molecule has 0 radical (unpaired) electrons. The summed E-state index contributed by atoms with van der Waals surface area (Å²) in [6, 6.07) is 7.60. The van der Waals surface area contributed by atoms with Crippen molar-refractivity contribution in [1.82, 2.24) is 5.32 Å². The molecule has 166 valence electrons. The van der Waals surface area contributed by atoms with E-state index < -0.39 is 16.7 Å². The number of carbonyl (C=O) groups is 1. The van der Waals surface area contributed by atoms with Crippen molar-refractivity contribution in [2.24, 2.45) is 5.92 Å². The first-order chi connectivity index (χ1) is 14.7. The summed E-state index contributed by atoms with van der Waals surface area (Å²) in [6.07, 6.45) is -3.64. The highest BCUT2D eigenvalue weighted by atomic mass is 19.4. The van der Waals surface area contributed by atoms with Gasteiger partial charge in [0.25, 0.3) is 5.69 Å². The lowest BCUT2D eigenvalue weighted by Crippen LogP contribution is -2.27. The van der Waals surface area contributed by atoms with Crippen LogP contribution in [0.2, 0.25) is 0 Å². The number of hydrogen-bond donors (Lipinski definition) is 1. The first kappa shape index (κ1) is 22.4. The van der Waals surface area contributed by atoms with Gasteiger partial charge in [-0.1, -0.05) is 12.1 Å². The maximum Gasteiger partial charge on any atom is 0.416 e. The Morgan fingerprint density at radius 2 is 1.77 bits per heavy atom. The summed E-state index contributed by atoms with van der Waals surface area (Å²) in [5.41, 5.74) is 0.206. The molecular weight excluding hydrogens is 417 g/mol. The number of methoxy groups -OCH3 is 2. The normalized spacial score (nSPS) is 17.7. The number of nitrogens with one attached hydrogen (secondary N) is 1. The highest BCUT2D eigenvalue weighted by molar-refractivity contribution is 5.82. The Labute approximate surface area is 176 Å². The number of amides is 1. The van der Waals surface area contributed by atoms with Crippen LogP contribution in [0.15, 0.2) is 36.4 Å². The van der Waals surface area contributed by atoms with Gasteiger partial charge in [0.2, 0.25) is 5.91 Å². The standard InChI is InChI=1S/C21H21F3N2O5/c1-30-18-9-13(17(26(28)29)11-19(18)31-2)7-8-25-20(27)16-10-15(16)12-3-5-14(6-4-12)21(22,23)24/h3-6,9,11,15-16H,7-8,10H2,1-2H3,(H,25,27). The van der Waals surface area contributed by atoms with Crippen LogP contribution in [0.1, 0.15) is 29.0 Å². The minimum atomic E-state index is -4.40. The molecule has 2 aromatic carbocycles. The fraction of sp³-hybridized carbons (Fsp3) is 0.381. The fourth-order valence-corrected chi connectivity index (χ4v) is 3.50. The predicted octanol–water partition coefficient (Wildman–Crippen LogP) is 4.09. The quantitative estimate of drug-likeness (QED) is 0.495. The summed E-state index contributed by atoms with van der Waals surface area (Å²) in [5, 5.41) is 14.1. The zero-order valence-electron chi connectivity index (χ0n) is 16.9. The fourth-order valence-electron chi connectivity index (χ4n) is 3.50. The SMILES string of the molecule is COc1cc(CCNC(=O)C2CC2c2ccc(C(F)(F)F)cc2)c([N+](=O)[O-])cc1OC. The second kappa shape index (κ2) is 8.83. The second-order valence-electron chi connectivity index (χ2n) is 7.20. The number of ether oxygens (including phenoxy) is 2. The van der Waals surface area contributed by atoms with Gasteiger partial charge in [-0.15, -0.1) is 0 Å². The summed E-state index contributed by atoms with van der Waals surface area (Å²) in [7, 11) is 2.80. The number of carbonyl (C=O) groups excluding carboxylic acids is 1. The van der Waals surface area contributed by atoms with Crippen LogP contribution in [-0.4, -0.2) is 31.6 Å². The second-order valence-corrected chi connectivity index (χ2v) is 7.20. The molecular formula is C21H21F3N2O5. The number of rotatable bonds is 8. The first-order valence-electron chi connectivity index (χ1n) is 9.49. The third-order valence-corrected chi connectivity index (χ3v) is 5.27. The van der Waals surface area contributed by atoms with Crippen molar-refractivity contribution in [3.63, 3.8) is 0 Å². The number of nitro groups is 1.